The number of carboxylic acid groups (broad SMARTS) is 1. The molecule has 2 amide bonds. The summed E-state index contributed by atoms with van der Waals surface area (Å²) in [6.07, 6.45) is 1.34. The average molecular weight is 242 g/mol. The Balaban J connectivity index is 2.77. The standard InChI is InChI=1S/C11H18N2O4/c1-2-8(10(12)15)13-6-5-7(11(16)17)3-4-9(13)14/h7-8H,2-6H2,1H3,(H2,12,15)(H,16,17). The van der Waals surface area contributed by atoms with Gasteiger partial charge in [-0.15, -0.1) is 0 Å². The van der Waals surface area contributed by atoms with E-state index in [-0.39, 0.29) is 18.9 Å². The van der Waals surface area contributed by atoms with Crippen LogP contribution >= 0.6 is 0 Å². The molecule has 0 saturated carbocycles. The molecule has 0 bridgehead atoms. The molecule has 1 fully saturated rings. The van der Waals surface area contributed by atoms with Crippen molar-refractivity contribution in [3.8, 4) is 0 Å². The number of primary amides is 1. The van der Waals surface area contributed by atoms with Gasteiger partial charge in [-0.25, -0.2) is 0 Å². The molecular weight excluding hydrogens is 224 g/mol. The van der Waals surface area contributed by atoms with Crippen LogP contribution in [0.15, 0.2) is 0 Å². The van der Waals surface area contributed by atoms with Crippen molar-refractivity contribution >= 4 is 17.8 Å². The van der Waals surface area contributed by atoms with Crippen molar-refractivity contribution in [2.45, 2.75) is 38.6 Å². The van der Waals surface area contributed by atoms with Gasteiger partial charge in [-0.05, 0) is 19.3 Å². The number of rotatable bonds is 4. The minimum atomic E-state index is -0.883. The van der Waals surface area contributed by atoms with Gasteiger partial charge < -0.3 is 15.7 Å². The summed E-state index contributed by atoms with van der Waals surface area (Å²) >= 11 is 0. The van der Waals surface area contributed by atoms with Crippen LogP contribution in [0.25, 0.3) is 0 Å². The summed E-state index contributed by atoms with van der Waals surface area (Å²) in [7, 11) is 0. The molecule has 0 aromatic carbocycles. The zero-order chi connectivity index (χ0) is 13.0. The second-order valence-corrected chi connectivity index (χ2v) is 4.28. The summed E-state index contributed by atoms with van der Waals surface area (Å²) in [5.74, 6) is -2.10. The Morgan fingerprint density at radius 3 is 2.65 bits per heavy atom. The summed E-state index contributed by atoms with van der Waals surface area (Å²) in [5.41, 5.74) is 5.24. The Bertz CT molecular complexity index is 329. The van der Waals surface area contributed by atoms with Crippen molar-refractivity contribution < 1.29 is 19.5 Å². The number of nitrogens with two attached hydrogens (primary N) is 1. The highest BCUT2D eigenvalue weighted by atomic mass is 16.4. The Hall–Kier alpha value is -1.59. The van der Waals surface area contributed by atoms with E-state index in [0.29, 0.717) is 19.3 Å². The van der Waals surface area contributed by atoms with E-state index in [2.05, 4.69) is 0 Å². The first-order valence-electron chi connectivity index (χ1n) is 5.79. The van der Waals surface area contributed by atoms with Gasteiger partial charge in [0, 0.05) is 13.0 Å². The lowest BCUT2D eigenvalue weighted by molar-refractivity contribution is -0.142. The van der Waals surface area contributed by atoms with Gasteiger partial charge in [-0.1, -0.05) is 6.92 Å². The monoisotopic (exact) mass is 242 g/mol. The number of hydrogen-bond acceptors (Lipinski definition) is 3. The van der Waals surface area contributed by atoms with E-state index in [4.69, 9.17) is 10.8 Å². The van der Waals surface area contributed by atoms with Crippen LogP contribution in [-0.2, 0) is 14.4 Å². The van der Waals surface area contributed by atoms with Crippen LogP contribution in [0.1, 0.15) is 32.6 Å². The van der Waals surface area contributed by atoms with E-state index >= 15 is 0 Å². The van der Waals surface area contributed by atoms with Gasteiger partial charge >= 0.3 is 5.97 Å². The molecule has 6 nitrogen and oxygen atoms in total. The Morgan fingerprint density at radius 1 is 1.53 bits per heavy atom. The third-order valence-corrected chi connectivity index (χ3v) is 3.19. The molecular formula is C11H18N2O4. The fourth-order valence-corrected chi connectivity index (χ4v) is 2.16. The average Bonchev–Trinajstić information content (AvgIpc) is 2.43. The molecule has 0 aliphatic carbocycles. The van der Waals surface area contributed by atoms with E-state index < -0.39 is 23.8 Å². The van der Waals surface area contributed by atoms with Crippen LogP contribution in [0.3, 0.4) is 0 Å². The summed E-state index contributed by atoms with van der Waals surface area (Å²) in [6, 6.07) is -0.616. The van der Waals surface area contributed by atoms with E-state index in [1.165, 1.54) is 4.90 Å². The minimum Gasteiger partial charge on any atom is -0.481 e. The number of aliphatic carboxylic acids is 1. The summed E-state index contributed by atoms with van der Waals surface area (Å²) in [4.78, 5) is 35.3. The normalized spacial score (nSPS) is 23.0. The molecule has 1 heterocycles. The van der Waals surface area contributed by atoms with Crippen LogP contribution in [0.2, 0.25) is 0 Å². The lowest BCUT2D eigenvalue weighted by Crippen LogP contribution is -2.47. The molecule has 1 saturated heterocycles. The molecule has 3 N–H and O–H groups in total. The smallest absolute Gasteiger partial charge is 0.306 e. The number of carbonyl (C=O) groups is 3. The highest BCUT2D eigenvalue weighted by molar-refractivity contribution is 5.87. The predicted octanol–water partition coefficient (Wildman–Crippen LogP) is -0.0364. The van der Waals surface area contributed by atoms with Gasteiger partial charge in [-0.2, -0.15) is 0 Å². The fraction of sp³-hybridized carbons (Fsp3) is 0.727. The third-order valence-electron chi connectivity index (χ3n) is 3.19. The largest absolute Gasteiger partial charge is 0.481 e. The molecule has 96 valence electrons. The van der Waals surface area contributed by atoms with Crippen molar-refractivity contribution in [2.24, 2.45) is 11.7 Å². The number of nitrogens with zero attached hydrogens (tertiary/aromatic N) is 1. The number of carbonyl (C=O) groups excluding carboxylic acids is 2. The van der Waals surface area contributed by atoms with Gasteiger partial charge in [0.05, 0.1) is 5.92 Å². The molecule has 17 heavy (non-hydrogen) atoms. The molecule has 0 aromatic heterocycles. The number of amides is 2. The number of hydrogen-bond donors (Lipinski definition) is 2. The maximum Gasteiger partial charge on any atom is 0.306 e. The summed E-state index contributed by atoms with van der Waals surface area (Å²) in [5, 5.41) is 8.92. The lowest BCUT2D eigenvalue weighted by atomic mass is 10.0. The highest BCUT2D eigenvalue weighted by Crippen LogP contribution is 2.21. The molecule has 2 unspecified atom stereocenters. The van der Waals surface area contributed by atoms with Gasteiger partial charge in [0.25, 0.3) is 0 Å². The second kappa shape index (κ2) is 5.65. The van der Waals surface area contributed by atoms with Crippen molar-refractivity contribution in [3.63, 3.8) is 0 Å². The van der Waals surface area contributed by atoms with Crippen molar-refractivity contribution in [3.05, 3.63) is 0 Å². The topological polar surface area (TPSA) is 101 Å². The Labute approximate surface area is 99.8 Å². The number of likely N-dealkylation sites (tertiary alicyclic amines) is 1. The van der Waals surface area contributed by atoms with E-state index in [0.717, 1.165) is 0 Å². The van der Waals surface area contributed by atoms with Crippen LogP contribution in [0, 0.1) is 5.92 Å². The molecule has 6 heteroatoms. The SMILES string of the molecule is CCC(C(N)=O)N1CCC(C(=O)O)CCC1=O. The van der Waals surface area contributed by atoms with Gasteiger partial charge in [0.15, 0.2) is 0 Å². The first kappa shape index (κ1) is 13.5. The van der Waals surface area contributed by atoms with Crippen molar-refractivity contribution in [2.75, 3.05) is 6.54 Å². The summed E-state index contributed by atoms with van der Waals surface area (Å²) in [6.45, 7) is 2.07. The molecule has 2 atom stereocenters. The van der Waals surface area contributed by atoms with Gasteiger partial charge in [0.1, 0.15) is 6.04 Å². The molecule has 1 rings (SSSR count). The maximum atomic E-state index is 11.8. The first-order valence-corrected chi connectivity index (χ1v) is 5.79. The lowest BCUT2D eigenvalue weighted by Gasteiger charge is -2.27. The first-order chi connectivity index (χ1) is 7.97. The van der Waals surface area contributed by atoms with Crippen LogP contribution in [0.4, 0.5) is 0 Å². The van der Waals surface area contributed by atoms with E-state index in [9.17, 15) is 14.4 Å². The quantitative estimate of drug-likeness (QED) is 0.722. The maximum absolute atomic E-state index is 11.8. The van der Waals surface area contributed by atoms with Crippen LogP contribution < -0.4 is 5.73 Å². The third kappa shape index (κ3) is 3.18. The van der Waals surface area contributed by atoms with Crippen LogP contribution in [0.5, 0.6) is 0 Å². The van der Waals surface area contributed by atoms with Gasteiger partial charge in [-0.3, -0.25) is 14.4 Å². The zero-order valence-corrected chi connectivity index (χ0v) is 9.89. The Morgan fingerprint density at radius 2 is 2.18 bits per heavy atom. The molecule has 1 aliphatic rings. The van der Waals surface area contributed by atoms with Crippen molar-refractivity contribution in [1.82, 2.24) is 4.90 Å². The van der Waals surface area contributed by atoms with Crippen molar-refractivity contribution in [1.29, 1.82) is 0 Å². The number of carboxylic acids is 1. The van der Waals surface area contributed by atoms with E-state index in [1.807, 2.05) is 0 Å². The van der Waals surface area contributed by atoms with Gasteiger partial charge in [0.2, 0.25) is 11.8 Å². The fourth-order valence-electron chi connectivity index (χ4n) is 2.16. The molecule has 1 aliphatic heterocycles. The molecule has 0 aromatic rings. The molecule has 0 radical (unpaired) electrons. The van der Waals surface area contributed by atoms with Crippen LogP contribution in [-0.4, -0.2) is 40.4 Å². The molecule has 0 spiro atoms. The second-order valence-electron chi connectivity index (χ2n) is 4.28. The van der Waals surface area contributed by atoms with E-state index in [1.54, 1.807) is 6.92 Å². The Kier molecular flexibility index (Phi) is 4.48. The zero-order valence-electron chi connectivity index (χ0n) is 9.89. The predicted molar refractivity (Wildman–Crippen MR) is 60.0 cm³/mol. The highest BCUT2D eigenvalue weighted by Gasteiger charge is 2.32. The minimum absolute atomic E-state index is 0.167. The summed E-state index contributed by atoms with van der Waals surface area (Å²) < 4.78 is 0.